The van der Waals surface area contributed by atoms with Crippen LogP contribution in [0.5, 0.6) is 0 Å². The van der Waals surface area contributed by atoms with Crippen LogP contribution in [0.15, 0.2) is 0 Å². The summed E-state index contributed by atoms with van der Waals surface area (Å²) in [5.41, 5.74) is 0. The summed E-state index contributed by atoms with van der Waals surface area (Å²) in [6.07, 6.45) is 31.5. The number of carbonyl (C=O) groups is 1. The molecule has 2 N–H and O–H groups in total. The van der Waals surface area contributed by atoms with Gasteiger partial charge in [-0.3, -0.25) is 4.79 Å². The third-order valence-corrected chi connectivity index (χ3v) is 6.93. The predicted octanol–water partition coefficient (Wildman–Crippen LogP) is 9.26. The van der Waals surface area contributed by atoms with Gasteiger partial charge in [-0.15, -0.1) is 0 Å². The van der Waals surface area contributed by atoms with E-state index in [-0.39, 0.29) is 12.0 Å². The van der Waals surface area contributed by atoms with Crippen LogP contribution in [0.3, 0.4) is 0 Å². The Kier molecular flexibility index (Phi) is 27.2. The number of aliphatic hydroxyl groups is 1. The van der Waals surface area contributed by atoms with E-state index in [4.69, 9.17) is 0 Å². The monoisotopic (exact) mass is 467 g/mol. The summed E-state index contributed by atoms with van der Waals surface area (Å²) in [7, 11) is 0. The number of nitrogens with one attached hydrogen (secondary N) is 1. The molecule has 1 amide bonds. The molecule has 0 saturated heterocycles. The third kappa shape index (κ3) is 27.6. The van der Waals surface area contributed by atoms with E-state index >= 15 is 0 Å². The molecule has 1 atom stereocenters. The molecule has 3 nitrogen and oxygen atoms in total. The van der Waals surface area contributed by atoms with E-state index in [1.54, 1.807) is 0 Å². The Labute approximate surface area is 208 Å². The van der Waals surface area contributed by atoms with Crippen LogP contribution in [-0.4, -0.2) is 23.7 Å². The lowest BCUT2D eigenvalue weighted by Gasteiger charge is -2.12. The molecule has 0 aliphatic heterocycles. The first-order valence-electron chi connectivity index (χ1n) is 15.2. The first-order valence-corrected chi connectivity index (χ1v) is 15.2. The highest BCUT2D eigenvalue weighted by atomic mass is 16.3. The summed E-state index contributed by atoms with van der Waals surface area (Å²) in [6, 6.07) is 0. The maximum atomic E-state index is 11.9. The van der Waals surface area contributed by atoms with E-state index in [1.807, 2.05) is 0 Å². The Morgan fingerprint density at radius 3 is 1.27 bits per heavy atom. The molecule has 0 saturated carbocycles. The lowest BCUT2D eigenvalue weighted by atomic mass is 10.0. The number of hydrogen-bond donors (Lipinski definition) is 2. The molecule has 1 unspecified atom stereocenters. The van der Waals surface area contributed by atoms with Crippen molar-refractivity contribution in [3.8, 4) is 0 Å². The SMILES string of the molecule is CCCCCCCCCCCCCCCCC(O)CNC(=O)CCCCCCCCCCC. The van der Waals surface area contributed by atoms with Crippen molar-refractivity contribution in [3.05, 3.63) is 0 Å². The van der Waals surface area contributed by atoms with E-state index in [0.717, 1.165) is 25.7 Å². The van der Waals surface area contributed by atoms with Gasteiger partial charge in [-0.25, -0.2) is 0 Å². The zero-order valence-electron chi connectivity index (χ0n) is 22.8. The number of hydrogen-bond acceptors (Lipinski definition) is 2. The van der Waals surface area contributed by atoms with Crippen molar-refractivity contribution < 1.29 is 9.90 Å². The molecular weight excluding hydrogens is 406 g/mol. The van der Waals surface area contributed by atoms with Gasteiger partial charge in [0.25, 0.3) is 0 Å². The zero-order valence-corrected chi connectivity index (χ0v) is 22.8. The second-order valence-corrected chi connectivity index (χ2v) is 10.4. The van der Waals surface area contributed by atoms with Crippen LogP contribution < -0.4 is 5.32 Å². The summed E-state index contributed by atoms with van der Waals surface area (Å²) in [5, 5.41) is 13.0. The molecule has 0 aromatic carbocycles. The molecule has 0 heterocycles. The van der Waals surface area contributed by atoms with Crippen molar-refractivity contribution in [1.29, 1.82) is 0 Å². The lowest BCUT2D eigenvalue weighted by molar-refractivity contribution is -0.121. The van der Waals surface area contributed by atoms with Gasteiger partial charge in [0, 0.05) is 13.0 Å². The smallest absolute Gasteiger partial charge is 0.220 e. The van der Waals surface area contributed by atoms with E-state index in [1.165, 1.54) is 128 Å². The van der Waals surface area contributed by atoms with Gasteiger partial charge in [-0.1, -0.05) is 155 Å². The Morgan fingerprint density at radius 1 is 0.545 bits per heavy atom. The highest BCUT2D eigenvalue weighted by molar-refractivity contribution is 5.75. The topological polar surface area (TPSA) is 49.3 Å². The number of aliphatic hydroxyl groups excluding tert-OH is 1. The molecular formula is C30H61NO2. The fourth-order valence-corrected chi connectivity index (χ4v) is 4.59. The van der Waals surface area contributed by atoms with Crippen molar-refractivity contribution >= 4 is 5.91 Å². The molecule has 0 fully saturated rings. The molecule has 0 radical (unpaired) electrons. The number of amides is 1. The second-order valence-electron chi connectivity index (χ2n) is 10.4. The van der Waals surface area contributed by atoms with Gasteiger partial charge in [0.05, 0.1) is 6.10 Å². The summed E-state index contributed by atoms with van der Waals surface area (Å²) in [5.74, 6) is 0.109. The highest BCUT2D eigenvalue weighted by Crippen LogP contribution is 2.14. The molecule has 0 aromatic rings. The van der Waals surface area contributed by atoms with Crippen LogP contribution in [-0.2, 0) is 4.79 Å². The van der Waals surface area contributed by atoms with Gasteiger partial charge in [0.2, 0.25) is 5.91 Å². The van der Waals surface area contributed by atoms with Crippen molar-refractivity contribution in [2.45, 2.75) is 180 Å². The summed E-state index contributed by atoms with van der Waals surface area (Å²) >= 11 is 0. The Bertz CT molecular complexity index is 385. The normalized spacial score (nSPS) is 12.2. The lowest BCUT2D eigenvalue weighted by Crippen LogP contribution is -2.31. The molecule has 0 spiro atoms. The molecule has 33 heavy (non-hydrogen) atoms. The first-order chi connectivity index (χ1) is 16.2. The third-order valence-electron chi connectivity index (χ3n) is 6.93. The summed E-state index contributed by atoms with van der Waals surface area (Å²) in [4.78, 5) is 11.9. The average molecular weight is 468 g/mol. The molecule has 0 aliphatic rings. The Balaban J connectivity index is 3.27. The number of carbonyl (C=O) groups excluding carboxylic acids is 1. The fraction of sp³-hybridized carbons (Fsp3) is 0.967. The van der Waals surface area contributed by atoms with Crippen LogP contribution >= 0.6 is 0 Å². The van der Waals surface area contributed by atoms with Crippen LogP contribution in [0, 0.1) is 0 Å². The van der Waals surface area contributed by atoms with Crippen LogP contribution in [0.25, 0.3) is 0 Å². The molecule has 0 aromatic heterocycles. The summed E-state index contributed by atoms with van der Waals surface area (Å²) in [6.45, 7) is 4.96. The summed E-state index contributed by atoms with van der Waals surface area (Å²) < 4.78 is 0. The largest absolute Gasteiger partial charge is 0.391 e. The molecule has 198 valence electrons. The van der Waals surface area contributed by atoms with Gasteiger partial charge in [-0.2, -0.15) is 0 Å². The second kappa shape index (κ2) is 27.7. The minimum absolute atomic E-state index is 0.109. The van der Waals surface area contributed by atoms with Crippen molar-refractivity contribution in [2.75, 3.05) is 6.54 Å². The fourth-order valence-electron chi connectivity index (χ4n) is 4.59. The van der Waals surface area contributed by atoms with Crippen LogP contribution in [0.4, 0.5) is 0 Å². The highest BCUT2D eigenvalue weighted by Gasteiger charge is 2.07. The maximum Gasteiger partial charge on any atom is 0.220 e. The first kappa shape index (κ1) is 32.4. The van der Waals surface area contributed by atoms with Crippen molar-refractivity contribution in [2.24, 2.45) is 0 Å². The van der Waals surface area contributed by atoms with E-state index in [0.29, 0.717) is 13.0 Å². The van der Waals surface area contributed by atoms with Gasteiger partial charge in [0.1, 0.15) is 0 Å². The standard InChI is InChI=1S/C30H61NO2/c1-3-5-7-9-11-13-14-15-16-17-19-20-22-24-26-29(32)28-31-30(33)27-25-23-21-18-12-10-8-6-4-2/h29,32H,3-28H2,1-2H3,(H,31,33). The number of unbranched alkanes of at least 4 members (excludes halogenated alkanes) is 21. The Morgan fingerprint density at radius 2 is 0.879 bits per heavy atom. The van der Waals surface area contributed by atoms with Gasteiger partial charge >= 0.3 is 0 Å². The number of rotatable bonds is 27. The zero-order chi connectivity index (χ0) is 24.2. The van der Waals surface area contributed by atoms with E-state index in [9.17, 15) is 9.90 Å². The maximum absolute atomic E-state index is 11.9. The molecule has 0 rings (SSSR count). The van der Waals surface area contributed by atoms with Crippen molar-refractivity contribution in [1.82, 2.24) is 5.32 Å². The Hall–Kier alpha value is -0.570. The van der Waals surface area contributed by atoms with E-state index in [2.05, 4.69) is 19.2 Å². The minimum atomic E-state index is -0.380. The predicted molar refractivity (Wildman–Crippen MR) is 146 cm³/mol. The minimum Gasteiger partial charge on any atom is -0.391 e. The van der Waals surface area contributed by atoms with Crippen molar-refractivity contribution in [3.63, 3.8) is 0 Å². The van der Waals surface area contributed by atoms with Gasteiger partial charge in [-0.05, 0) is 12.8 Å². The van der Waals surface area contributed by atoms with Gasteiger partial charge < -0.3 is 10.4 Å². The van der Waals surface area contributed by atoms with Crippen LogP contribution in [0.2, 0.25) is 0 Å². The molecule has 3 heteroatoms. The average Bonchev–Trinajstić information content (AvgIpc) is 2.82. The molecule has 0 aliphatic carbocycles. The van der Waals surface area contributed by atoms with Crippen LogP contribution in [0.1, 0.15) is 174 Å². The van der Waals surface area contributed by atoms with E-state index < -0.39 is 0 Å². The van der Waals surface area contributed by atoms with Gasteiger partial charge in [0.15, 0.2) is 0 Å². The quantitative estimate of drug-likeness (QED) is 0.118. The molecule has 0 bridgehead atoms.